The summed E-state index contributed by atoms with van der Waals surface area (Å²) in [5.41, 5.74) is 2.21. The van der Waals surface area contributed by atoms with Gasteiger partial charge in [0, 0.05) is 17.0 Å². The van der Waals surface area contributed by atoms with Crippen molar-refractivity contribution in [2.75, 3.05) is 7.11 Å². The molecule has 21 heavy (non-hydrogen) atoms. The summed E-state index contributed by atoms with van der Waals surface area (Å²) in [5.74, 6) is 0.872. The molecular formula is C19H19NO. The van der Waals surface area contributed by atoms with Crippen LogP contribution < -0.4 is 4.74 Å². The molecule has 0 amide bonds. The molecule has 0 N–H and O–H groups in total. The Morgan fingerprint density at radius 3 is 2.43 bits per heavy atom. The van der Waals surface area contributed by atoms with Crippen molar-refractivity contribution in [1.29, 1.82) is 0 Å². The van der Waals surface area contributed by atoms with Crippen LogP contribution in [-0.4, -0.2) is 12.1 Å². The Bertz CT molecular complexity index is 763. The zero-order chi connectivity index (χ0) is 14.9. The van der Waals surface area contributed by atoms with Crippen LogP contribution in [0, 0.1) is 0 Å². The summed E-state index contributed by atoms with van der Waals surface area (Å²) in [6, 6.07) is 18.7. The van der Waals surface area contributed by atoms with E-state index in [1.54, 1.807) is 7.11 Å². The number of pyridine rings is 1. The monoisotopic (exact) mass is 277 g/mol. The van der Waals surface area contributed by atoms with Crippen molar-refractivity contribution in [2.24, 2.45) is 0 Å². The smallest absolute Gasteiger partial charge is 0.119 e. The van der Waals surface area contributed by atoms with Crippen LogP contribution in [0.4, 0.5) is 0 Å². The second kappa shape index (κ2) is 5.21. The number of hydrogen-bond donors (Lipinski definition) is 0. The highest BCUT2D eigenvalue weighted by Gasteiger charge is 2.26. The summed E-state index contributed by atoms with van der Waals surface area (Å²) in [6.07, 6.45) is 1.88. The van der Waals surface area contributed by atoms with Gasteiger partial charge >= 0.3 is 0 Å². The minimum atomic E-state index is -0.143. The molecule has 2 heteroatoms. The summed E-state index contributed by atoms with van der Waals surface area (Å²) < 4.78 is 5.31. The molecule has 0 aliphatic heterocycles. The highest BCUT2D eigenvalue weighted by Crippen LogP contribution is 2.35. The second-order valence-corrected chi connectivity index (χ2v) is 5.74. The van der Waals surface area contributed by atoms with Crippen LogP contribution in [0.3, 0.4) is 0 Å². The first-order valence-electron chi connectivity index (χ1n) is 7.11. The summed E-state index contributed by atoms with van der Waals surface area (Å²) >= 11 is 0. The summed E-state index contributed by atoms with van der Waals surface area (Å²) in [7, 11) is 1.69. The molecule has 0 saturated heterocycles. The van der Waals surface area contributed by atoms with Gasteiger partial charge in [0.25, 0.3) is 0 Å². The largest absolute Gasteiger partial charge is 0.497 e. The molecule has 3 aromatic rings. The van der Waals surface area contributed by atoms with Gasteiger partial charge in [-0.05, 0) is 35.2 Å². The van der Waals surface area contributed by atoms with Gasteiger partial charge in [0.15, 0.2) is 0 Å². The number of methoxy groups -OCH3 is 1. The van der Waals surface area contributed by atoms with Gasteiger partial charge in [-0.2, -0.15) is 0 Å². The average molecular weight is 277 g/mol. The van der Waals surface area contributed by atoms with Gasteiger partial charge in [-0.1, -0.05) is 44.2 Å². The summed E-state index contributed by atoms with van der Waals surface area (Å²) in [6.45, 7) is 4.43. The first-order valence-corrected chi connectivity index (χ1v) is 7.11. The molecule has 0 fully saturated rings. The predicted octanol–water partition coefficient (Wildman–Crippen LogP) is 4.57. The van der Waals surface area contributed by atoms with Crippen LogP contribution in [0.5, 0.6) is 5.75 Å². The molecule has 0 unspecified atom stereocenters. The number of fused-ring (bicyclic) bond motifs is 1. The lowest BCUT2D eigenvalue weighted by Crippen LogP contribution is -2.20. The maximum atomic E-state index is 5.31. The summed E-state index contributed by atoms with van der Waals surface area (Å²) in [5, 5.41) is 2.33. The molecule has 2 nitrogen and oxygen atoms in total. The number of aromatic nitrogens is 1. The highest BCUT2D eigenvalue weighted by atomic mass is 16.5. The van der Waals surface area contributed by atoms with Crippen LogP contribution in [0.15, 0.2) is 60.8 Å². The Morgan fingerprint density at radius 2 is 1.71 bits per heavy atom. The minimum Gasteiger partial charge on any atom is -0.497 e. The SMILES string of the molecule is COc1ccc2c(C(C)(C)c3ccccc3)nccc2c1. The molecule has 0 aliphatic rings. The molecule has 0 spiro atoms. The van der Waals surface area contributed by atoms with E-state index in [-0.39, 0.29) is 5.41 Å². The fraction of sp³-hybridized carbons (Fsp3) is 0.211. The molecule has 3 rings (SSSR count). The normalized spacial score (nSPS) is 11.6. The van der Waals surface area contributed by atoms with Gasteiger partial charge in [-0.15, -0.1) is 0 Å². The number of nitrogens with zero attached hydrogens (tertiary/aromatic N) is 1. The molecular weight excluding hydrogens is 258 g/mol. The van der Waals surface area contributed by atoms with Crippen LogP contribution in [0.2, 0.25) is 0 Å². The van der Waals surface area contributed by atoms with Gasteiger partial charge in [0.1, 0.15) is 5.75 Å². The van der Waals surface area contributed by atoms with E-state index in [9.17, 15) is 0 Å². The first kappa shape index (κ1) is 13.6. The fourth-order valence-corrected chi connectivity index (χ4v) is 2.77. The van der Waals surface area contributed by atoms with E-state index in [1.807, 2.05) is 24.4 Å². The molecule has 0 radical (unpaired) electrons. The Kier molecular flexibility index (Phi) is 3.38. The lowest BCUT2D eigenvalue weighted by atomic mass is 9.79. The van der Waals surface area contributed by atoms with Crippen molar-refractivity contribution in [3.05, 3.63) is 72.1 Å². The predicted molar refractivity (Wildman–Crippen MR) is 86.9 cm³/mol. The molecule has 0 aliphatic carbocycles. The van der Waals surface area contributed by atoms with E-state index in [0.717, 1.165) is 16.8 Å². The standard InChI is InChI=1S/C19H19NO/c1-19(2,15-7-5-4-6-8-15)18-17-10-9-16(21-3)13-14(17)11-12-20-18/h4-13H,1-3H3. The van der Waals surface area contributed by atoms with Gasteiger partial charge in [0.05, 0.1) is 12.8 Å². The molecule has 0 bridgehead atoms. The first-order chi connectivity index (χ1) is 10.1. The Balaban J connectivity index is 2.20. The third kappa shape index (κ3) is 2.38. The summed E-state index contributed by atoms with van der Waals surface area (Å²) in [4.78, 5) is 4.67. The quantitative estimate of drug-likeness (QED) is 0.699. The van der Waals surface area contributed by atoms with Crippen molar-refractivity contribution in [2.45, 2.75) is 19.3 Å². The zero-order valence-corrected chi connectivity index (χ0v) is 12.6. The third-order valence-corrected chi connectivity index (χ3v) is 4.06. The lowest BCUT2D eigenvalue weighted by molar-refractivity contribution is 0.415. The van der Waals surface area contributed by atoms with Gasteiger partial charge in [0.2, 0.25) is 0 Å². The molecule has 2 aromatic carbocycles. The Hall–Kier alpha value is -2.35. The van der Waals surface area contributed by atoms with Crippen molar-refractivity contribution in [1.82, 2.24) is 4.98 Å². The van der Waals surface area contributed by atoms with E-state index in [4.69, 9.17) is 4.74 Å². The van der Waals surface area contributed by atoms with Crippen molar-refractivity contribution in [3.8, 4) is 5.75 Å². The van der Waals surface area contributed by atoms with Gasteiger partial charge in [-0.3, -0.25) is 4.98 Å². The number of ether oxygens (including phenoxy) is 1. The van der Waals surface area contributed by atoms with Crippen molar-refractivity contribution < 1.29 is 4.74 Å². The van der Waals surface area contributed by atoms with E-state index in [0.29, 0.717) is 0 Å². The topological polar surface area (TPSA) is 22.1 Å². The van der Waals surface area contributed by atoms with Crippen LogP contribution >= 0.6 is 0 Å². The van der Waals surface area contributed by atoms with E-state index < -0.39 is 0 Å². The average Bonchev–Trinajstić information content (AvgIpc) is 2.54. The minimum absolute atomic E-state index is 0.143. The van der Waals surface area contributed by atoms with E-state index in [2.05, 4.69) is 55.2 Å². The molecule has 1 aromatic heterocycles. The molecule has 0 atom stereocenters. The maximum Gasteiger partial charge on any atom is 0.119 e. The third-order valence-electron chi connectivity index (χ3n) is 4.06. The van der Waals surface area contributed by atoms with Crippen molar-refractivity contribution >= 4 is 10.8 Å². The van der Waals surface area contributed by atoms with Gasteiger partial charge in [-0.25, -0.2) is 0 Å². The zero-order valence-electron chi connectivity index (χ0n) is 12.6. The number of benzene rings is 2. The van der Waals surface area contributed by atoms with Gasteiger partial charge < -0.3 is 4.74 Å². The van der Waals surface area contributed by atoms with Crippen LogP contribution in [-0.2, 0) is 5.41 Å². The highest BCUT2D eigenvalue weighted by molar-refractivity contribution is 5.87. The lowest BCUT2D eigenvalue weighted by Gasteiger charge is -2.26. The second-order valence-electron chi connectivity index (χ2n) is 5.74. The Morgan fingerprint density at radius 1 is 0.952 bits per heavy atom. The van der Waals surface area contributed by atoms with Crippen molar-refractivity contribution in [3.63, 3.8) is 0 Å². The van der Waals surface area contributed by atoms with E-state index in [1.165, 1.54) is 10.9 Å². The fourth-order valence-electron chi connectivity index (χ4n) is 2.77. The molecule has 0 saturated carbocycles. The Labute approximate surface area is 125 Å². The number of rotatable bonds is 3. The maximum absolute atomic E-state index is 5.31. The van der Waals surface area contributed by atoms with E-state index >= 15 is 0 Å². The molecule has 1 heterocycles. The molecule has 106 valence electrons. The van der Waals surface area contributed by atoms with Crippen LogP contribution in [0.1, 0.15) is 25.1 Å². The number of hydrogen-bond acceptors (Lipinski definition) is 2. The van der Waals surface area contributed by atoms with Crippen LogP contribution in [0.25, 0.3) is 10.8 Å².